The molecule has 36 heavy (non-hydrogen) atoms. The smallest absolute Gasteiger partial charge is 0.249 e. The van der Waals surface area contributed by atoms with Crippen molar-refractivity contribution in [3.8, 4) is 0 Å². The summed E-state index contributed by atoms with van der Waals surface area (Å²) in [5.74, 6) is -0.518. The lowest BCUT2D eigenvalue weighted by Gasteiger charge is -2.21. The molecule has 0 fully saturated rings. The molecule has 0 heterocycles. The summed E-state index contributed by atoms with van der Waals surface area (Å²) in [6.45, 7) is 4.08. The largest absolute Gasteiger partial charge is 0.394 e. The number of nitrogens with one attached hydrogen (secondary N) is 1. The average molecular weight is 510 g/mol. The Bertz CT molecular complexity index is 535. The molecule has 3 unspecified atom stereocenters. The van der Waals surface area contributed by atoms with E-state index in [2.05, 4.69) is 31.3 Å². The van der Waals surface area contributed by atoms with Gasteiger partial charge in [-0.2, -0.15) is 0 Å². The van der Waals surface area contributed by atoms with Crippen molar-refractivity contribution in [3.05, 3.63) is 24.3 Å². The fourth-order valence-corrected chi connectivity index (χ4v) is 4.28. The maximum absolute atomic E-state index is 12.3. The molecule has 212 valence electrons. The molecule has 0 aromatic heterocycles. The van der Waals surface area contributed by atoms with Gasteiger partial charge in [-0.3, -0.25) is 4.79 Å². The zero-order valence-corrected chi connectivity index (χ0v) is 23.6. The first kappa shape index (κ1) is 34.8. The average Bonchev–Trinajstić information content (AvgIpc) is 2.88. The van der Waals surface area contributed by atoms with E-state index in [0.717, 1.165) is 51.4 Å². The Morgan fingerprint density at radius 3 is 1.69 bits per heavy atom. The maximum Gasteiger partial charge on any atom is 0.249 e. The summed E-state index contributed by atoms with van der Waals surface area (Å²) < 4.78 is 0. The van der Waals surface area contributed by atoms with E-state index < -0.39 is 24.2 Å². The minimum atomic E-state index is -1.10. The lowest BCUT2D eigenvalue weighted by atomic mass is 10.0. The number of hydrogen-bond acceptors (Lipinski definition) is 4. The third-order valence-corrected chi connectivity index (χ3v) is 6.79. The van der Waals surface area contributed by atoms with Crippen LogP contribution in [0.25, 0.3) is 0 Å². The van der Waals surface area contributed by atoms with Crippen LogP contribution in [-0.2, 0) is 4.79 Å². The first-order valence-corrected chi connectivity index (χ1v) is 15.2. The molecule has 0 aromatic rings. The minimum Gasteiger partial charge on any atom is -0.394 e. The highest BCUT2D eigenvalue weighted by Crippen LogP contribution is 2.12. The van der Waals surface area contributed by atoms with E-state index in [1.165, 1.54) is 70.6 Å². The Hall–Kier alpha value is -1.17. The molecule has 0 spiro atoms. The predicted octanol–water partition coefficient (Wildman–Crippen LogP) is 7.14. The van der Waals surface area contributed by atoms with E-state index in [1.54, 1.807) is 6.08 Å². The van der Waals surface area contributed by atoms with Gasteiger partial charge in [0.25, 0.3) is 0 Å². The summed E-state index contributed by atoms with van der Waals surface area (Å²) in [4.78, 5) is 12.3. The van der Waals surface area contributed by atoms with Gasteiger partial charge in [0, 0.05) is 0 Å². The summed E-state index contributed by atoms with van der Waals surface area (Å²) in [5, 5.41) is 32.7. The second kappa shape index (κ2) is 26.9. The second-order valence-electron chi connectivity index (χ2n) is 10.3. The van der Waals surface area contributed by atoms with Gasteiger partial charge < -0.3 is 20.6 Å². The molecule has 0 bridgehead atoms. The van der Waals surface area contributed by atoms with Crippen molar-refractivity contribution < 1.29 is 20.1 Å². The van der Waals surface area contributed by atoms with Crippen molar-refractivity contribution >= 4 is 5.91 Å². The zero-order valence-electron chi connectivity index (χ0n) is 23.6. The number of aliphatic hydroxyl groups is 3. The van der Waals surface area contributed by atoms with Gasteiger partial charge in [-0.25, -0.2) is 0 Å². The lowest BCUT2D eigenvalue weighted by Crippen LogP contribution is -2.48. The highest BCUT2D eigenvalue weighted by molar-refractivity contribution is 5.80. The Kier molecular flexibility index (Phi) is 26.0. The monoisotopic (exact) mass is 509 g/mol. The van der Waals surface area contributed by atoms with Crippen LogP contribution in [0.2, 0.25) is 0 Å². The minimum absolute atomic E-state index is 0.367. The molecule has 3 atom stereocenters. The molecular weight excluding hydrogens is 450 g/mol. The van der Waals surface area contributed by atoms with Crippen LogP contribution in [0, 0.1) is 0 Å². The summed E-state index contributed by atoms with van der Waals surface area (Å²) in [6, 6.07) is -0.796. The van der Waals surface area contributed by atoms with Gasteiger partial charge in [0.2, 0.25) is 5.91 Å². The van der Waals surface area contributed by atoms with Crippen LogP contribution >= 0.6 is 0 Å². The molecule has 0 aliphatic heterocycles. The van der Waals surface area contributed by atoms with Gasteiger partial charge in [-0.1, -0.05) is 128 Å². The Balaban J connectivity index is 3.87. The van der Waals surface area contributed by atoms with Crippen LogP contribution in [0.15, 0.2) is 24.3 Å². The standard InChI is InChI=1S/C31H59NO4/c1-3-5-7-9-11-13-15-16-18-19-21-23-25-29(34)28(27-33)32-31(36)30(35)26-24-22-20-17-14-12-10-8-6-4-2/h10,12,23,25,28-30,33-35H,3-9,11,13-22,24,26-27H2,1-2H3,(H,32,36)/b12-10-,25-23+. The molecule has 0 aliphatic rings. The number of rotatable bonds is 26. The molecule has 0 radical (unpaired) electrons. The van der Waals surface area contributed by atoms with Gasteiger partial charge in [0.15, 0.2) is 0 Å². The van der Waals surface area contributed by atoms with Crippen molar-refractivity contribution in [1.82, 2.24) is 5.32 Å². The van der Waals surface area contributed by atoms with Crippen molar-refractivity contribution in [2.75, 3.05) is 6.61 Å². The number of hydrogen-bond donors (Lipinski definition) is 4. The Morgan fingerprint density at radius 2 is 1.14 bits per heavy atom. The number of carbonyl (C=O) groups excluding carboxylic acids is 1. The van der Waals surface area contributed by atoms with Crippen LogP contribution in [0.5, 0.6) is 0 Å². The van der Waals surface area contributed by atoms with Crippen molar-refractivity contribution in [1.29, 1.82) is 0 Å². The third-order valence-electron chi connectivity index (χ3n) is 6.79. The van der Waals surface area contributed by atoms with E-state index in [1.807, 2.05) is 6.08 Å². The van der Waals surface area contributed by atoms with Crippen LogP contribution in [-0.4, -0.2) is 46.1 Å². The topological polar surface area (TPSA) is 89.8 Å². The van der Waals surface area contributed by atoms with Gasteiger partial charge in [0.05, 0.1) is 18.8 Å². The van der Waals surface area contributed by atoms with E-state index >= 15 is 0 Å². The van der Waals surface area contributed by atoms with Gasteiger partial charge in [-0.05, 0) is 38.5 Å². The van der Waals surface area contributed by atoms with Crippen molar-refractivity contribution in [2.24, 2.45) is 0 Å². The maximum atomic E-state index is 12.3. The number of allylic oxidation sites excluding steroid dienone is 3. The first-order chi connectivity index (χ1) is 17.6. The molecular formula is C31H59NO4. The van der Waals surface area contributed by atoms with Crippen LogP contribution < -0.4 is 5.32 Å². The quantitative estimate of drug-likeness (QED) is 0.0737. The lowest BCUT2D eigenvalue weighted by molar-refractivity contribution is -0.131. The highest BCUT2D eigenvalue weighted by atomic mass is 16.3. The molecule has 0 aromatic carbocycles. The fourth-order valence-electron chi connectivity index (χ4n) is 4.28. The number of unbranched alkanes of at least 4 members (excludes halogenated alkanes) is 16. The molecule has 0 saturated heterocycles. The van der Waals surface area contributed by atoms with Crippen LogP contribution in [0.1, 0.15) is 142 Å². The van der Waals surface area contributed by atoms with E-state index in [9.17, 15) is 20.1 Å². The Morgan fingerprint density at radius 1 is 0.667 bits per heavy atom. The van der Waals surface area contributed by atoms with Gasteiger partial charge in [-0.15, -0.1) is 0 Å². The molecule has 0 rings (SSSR count). The third kappa shape index (κ3) is 22.1. The number of aliphatic hydroxyl groups excluding tert-OH is 3. The molecule has 0 saturated carbocycles. The summed E-state index contributed by atoms with van der Waals surface area (Å²) >= 11 is 0. The van der Waals surface area contributed by atoms with Crippen molar-refractivity contribution in [3.63, 3.8) is 0 Å². The zero-order chi connectivity index (χ0) is 26.7. The number of carbonyl (C=O) groups is 1. The second-order valence-corrected chi connectivity index (χ2v) is 10.3. The van der Waals surface area contributed by atoms with E-state index in [4.69, 9.17) is 0 Å². The highest BCUT2D eigenvalue weighted by Gasteiger charge is 2.22. The molecule has 5 nitrogen and oxygen atoms in total. The van der Waals surface area contributed by atoms with E-state index in [-0.39, 0.29) is 6.61 Å². The fraction of sp³-hybridized carbons (Fsp3) is 0.839. The molecule has 1 amide bonds. The van der Waals surface area contributed by atoms with Crippen molar-refractivity contribution in [2.45, 2.75) is 161 Å². The normalized spacial score (nSPS) is 14.5. The SMILES string of the molecule is CCCC/C=C\CCCCCCC(O)C(=O)NC(CO)C(O)/C=C/CCCCCCCCCCCC. The van der Waals surface area contributed by atoms with Crippen LogP contribution in [0.4, 0.5) is 0 Å². The summed E-state index contributed by atoms with van der Waals surface area (Å²) in [6.07, 6.45) is 29.0. The van der Waals surface area contributed by atoms with Gasteiger partial charge >= 0.3 is 0 Å². The molecule has 0 aliphatic carbocycles. The Labute approximate surface area is 222 Å². The van der Waals surface area contributed by atoms with Crippen LogP contribution in [0.3, 0.4) is 0 Å². The first-order valence-electron chi connectivity index (χ1n) is 15.2. The number of amides is 1. The van der Waals surface area contributed by atoms with E-state index in [0.29, 0.717) is 6.42 Å². The summed E-state index contributed by atoms with van der Waals surface area (Å²) in [5.41, 5.74) is 0. The predicted molar refractivity (Wildman–Crippen MR) is 153 cm³/mol. The summed E-state index contributed by atoms with van der Waals surface area (Å²) in [7, 11) is 0. The molecule has 5 heteroatoms. The van der Waals surface area contributed by atoms with Gasteiger partial charge in [0.1, 0.15) is 6.10 Å². The molecule has 4 N–H and O–H groups in total.